The maximum Gasteiger partial charge on any atom is 0.315 e. The first-order valence-electron chi connectivity index (χ1n) is 6.66. The number of carbonyl (C=O) groups excluding carboxylic acids is 1. The summed E-state index contributed by atoms with van der Waals surface area (Å²) >= 11 is 0. The largest absolute Gasteiger partial charge is 0.481 e. The number of amides is 2. The van der Waals surface area contributed by atoms with Crippen LogP contribution in [0.15, 0.2) is 4.52 Å². The summed E-state index contributed by atoms with van der Waals surface area (Å²) in [4.78, 5) is 22.6. The Balaban J connectivity index is 1.78. The van der Waals surface area contributed by atoms with Gasteiger partial charge in [-0.05, 0) is 33.1 Å². The first kappa shape index (κ1) is 14.4. The minimum atomic E-state index is -0.787. The second kappa shape index (κ2) is 5.94. The van der Waals surface area contributed by atoms with Crippen LogP contribution in [-0.4, -0.2) is 28.3 Å². The van der Waals surface area contributed by atoms with Gasteiger partial charge in [0, 0.05) is 18.2 Å². The van der Waals surface area contributed by atoms with E-state index in [4.69, 9.17) is 9.63 Å². The molecule has 1 aromatic rings. The van der Waals surface area contributed by atoms with Crippen molar-refractivity contribution in [3.05, 3.63) is 17.0 Å². The number of carbonyl (C=O) groups is 2. The average Bonchev–Trinajstić information content (AvgIpc) is 2.96. The Bertz CT molecular complexity index is 492. The van der Waals surface area contributed by atoms with Gasteiger partial charge in [0.15, 0.2) is 0 Å². The number of hydrogen-bond acceptors (Lipinski definition) is 4. The molecule has 0 aromatic carbocycles. The summed E-state index contributed by atoms with van der Waals surface area (Å²) in [6.45, 7) is 3.96. The maximum absolute atomic E-state index is 11.8. The molecule has 110 valence electrons. The molecule has 7 nitrogen and oxygen atoms in total. The number of carboxylic acid groups (broad SMARTS) is 1. The second-order valence-electron chi connectivity index (χ2n) is 5.17. The monoisotopic (exact) mass is 281 g/mol. The average molecular weight is 281 g/mol. The van der Waals surface area contributed by atoms with Crippen molar-refractivity contribution >= 4 is 12.0 Å². The lowest BCUT2D eigenvalue weighted by molar-refractivity contribution is -0.141. The van der Waals surface area contributed by atoms with E-state index in [0.29, 0.717) is 31.6 Å². The molecular weight excluding hydrogens is 262 g/mol. The molecule has 2 atom stereocenters. The van der Waals surface area contributed by atoms with Gasteiger partial charge in [0.2, 0.25) is 0 Å². The van der Waals surface area contributed by atoms with E-state index in [1.54, 1.807) is 6.92 Å². The Morgan fingerprint density at radius 1 is 1.40 bits per heavy atom. The first-order chi connectivity index (χ1) is 9.47. The minimum Gasteiger partial charge on any atom is -0.481 e. The number of hydrogen-bond donors (Lipinski definition) is 3. The van der Waals surface area contributed by atoms with Crippen molar-refractivity contribution < 1.29 is 19.2 Å². The smallest absolute Gasteiger partial charge is 0.315 e. The number of aromatic nitrogens is 1. The molecule has 0 bridgehead atoms. The molecule has 1 saturated carbocycles. The molecule has 1 heterocycles. The van der Waals surface area contributed by atoms with Gasteiger partial charge in [0.1, 0.15) is 5.76 Å². The number of nitrogens with zero attached hydrogens (tertiary/aromatic N) is 1. The molecule has 3 N–H and O–H groups in total. The highest BCUT2D eigenvalue weighted by Crippen LogP contribution is 2.25. The zero-order valence-corrected chi connectivity index (χ0v) is 11.6. The summed E-state index contributed by atoms with van der Waals surface area (Å²) < 4.78 is 5.01. The van der Waals surface area contributed by atoms with E-state index in [0.717, 1.165) is 11.3 Å². The van der Waals surface area contributed by atoms with Crippen LogP contribution in [0.2, 0.25) is 0 Å². The molecule has 20 heavy (non-hydrogen) atoms. The van der Waals surface area contributed by atoms with Crippen LogP contribution < -0.4 is 10.6 Å². The van der Waals surface area contributed by atoms with Gasteiger partial charge in [0.05, 0.1) is 11.6 Å². The number of rotatable bonds is 4. The third kappa shape index (κ3) is 3.28. The molecule has 0 spiro atoms. The van der Waals surface area contributed by atoms with E-state index in [-0.39, 0.29) is 18.0 Å². The highest BCUT2D eigenvalue weighted by Gasteiger charge is 2.30. The highest BCUT2D eigenvalue weighted by molar-refractivity contribution is 5.75. The van der Waals surface area contributed by atoms with Crippen molar-refractivity contribution in [2.75, 3.05) is 0 Å². The highest BCUT2D eigenvalue weighted by atomic mass is 16.5. The van der Waals surface area contributed by atoms with E-state index in [1.165, 1.54) is 0 Å². The van der Waals surface area contributed by atoms with Gasteiger partial charge < -0.3 is 20.3 Å². The van der Waals surface area contributed by atoms with Gasteiger partial charge in [-0.15, -0.1) is 0 Å². The Labute approximate surface area is 116 Å². The molecular formula is C13H19N3O4. The summed E-state index contributed by atoms with van der Waals surface area (Å²) in [5.41, 5.74) is 1.63. The predicted molar refractivity (Wildman–Crippen MR) is 70.1 cm³/mol. The molecule has 2 amide bonds. The van der Waals surface area contributed by atoms with Crippen LogP contribution in [0.25, 0.3) is 0 Å². The fourth-order valence-electron chi connectivity index (χ4n) is 2.50. The SMILES string of the molecule is Cc1noc(C)c1CNC(=O)NC1CCC(C(=O)O)C1. The number of aliphatic carboxylic acids is 1. The predicted octanol–water partition coefficient (Wildman–Crippen LogP) is 1.34. The third-order valence-corrected chi connectivity index (χ3v) is 3.72. The zero-order valence-electron chi connectivity index (χ0n) is 11.6. The standard InChI is InChI=1S/C13H19N3O4/c1-7-11(8(2)20-16-7)6-14-13(19)15-10-4-3-9(5-10)12(17)18/h9-10H,3-6H2,1-2H3,(H,17,18)(H2,14,15,19). The maximum atomic E-state index is 11.8. The van der Waals surface area contributed by atoms with Crippen LogP contribution in [0.1, 0.15) is 36.3 Å². The summed E-state index contributed by atoms with van der Waals surface area (Å²) in [5.74, 6) is -0.442. The van der Waals surface area contributed by atoms with Crippen molar-refractivity contribution in [1.82, 2.24) is 15.8 Å². The zero-order chi connectivity index (χ0) is 14.7. The lowest BCUT2D eigenvalue weighted by Crippen LogP contribution is -2.41. The fraction of sp³-hybridized carbons (Fsp3) is 0.615. The van der Waals surface area contributed by atoms with Gasteiger partial charge in [0.25, 0.3) is 0 Å². The Hall–Kier alpha value is -2.05. The normalized spacial score (nSPS) is 21.7. The van der Waals surface area contributed by atoms with Gasteiger partial charge in [-0.3, -0.25) is 4.79 Å². The molecule has 1 fully saturated rings. The van der Waals surface area contributed by atoms with Crippen molar-refractivity contribution in [3.8, 4) is 0 Å². The van der Waals surface area contributed by atoms with Gasteiger partial charge in [-0.25, -0.2) is 4.79 Å². The van der Waals surface area contributed by atoms with Crippen LogP contribution in [0.5, 0.6) is 0 Å². The molecule has 2 unspecified atom stereocenters. The van der Waals surface area contributed by atoms with E-state index in [1.807, 2.05) is 6.92 Å². The number of urea groups is 1. The van der Waals surface area contributed by atoms with Crippen LogP contribution in [0.4, 0.5) is 4.79 Å². The molecule has 1 aliphatic carbocycles. The number of carboxylic acids is 1. The molecule has 0 radical (unpaired) electrons. The topological polar surface area (TPSA) is 104 Å². The van der Waals surface area contributed by atoms with Crippen molar-refractivity contribution in [1.29, 1.82) is 0 Å². The summed E-state index contributed by atoms with van der Waals surface area (Å²) in [6.07, 6.45) is 1.81. The molecule has 1 aromatic heterocycles. The van der Waals surface area contributed by atoms with Crippen molar-refractivity contribution in [2.45, 2.75) is 45.7 Å². The molecule has 1 aliphatic rings. The Morgan fingerprint density at radius 3 is 2.70 bits per heavy atom. The first-order valence-corrected chi connectivity index (χ1v) is 6.66. The van der Waals surface area contributed by atoms with Crippen LogP contribution >= 0.6 is 0 Å². The molecule has 0 aliphatic heterocycles. The van der Waals surface area contributed by atoms with Gasteiger partial charge >= 0.3 is 12.0 Å². The quantitative estimate of drug-likeness (QED) is 0.772. The van der Waals surface area contributed by atoms with Gasteiger partial charge in [-0.1, -0.05) is 5.16 Å². The van der Waals surface area contributed by atoms with Crippen molar-refractivity contribution in [3.63, 3.8) is 0 Å². The molecule has 2 rings (SSSR count). The van der Waals surface area contributed by atoms with E-state index < -0.39 is 5.97 Å². The number of nitrogens with one attached hydrogen (secondary N) is 2. The van der Waals surface area contributed by atoms with Crippen LogP contribution in [0.3, 0.4) is 0 Å². The van der Waals surface area contributed by atoms with E-state index in [2.05, 4.69) is 15.8 Å². The minimum absolute atomic E-state index is 0.0687. The van der Waals surface area contributed by atoms with Crippen LogP contribution in [-0.2, 0) is 11.3 Å². The summed E-state index contributed by atoms with van der Waals surface area (Å²) in [6, 6.07) is -0.359. The summed E-state index contributed by atoms with van der Waals surface area (Å²) in [5, 5.41) is 18.3. The molecule has 7 heteroatoms. The summed E-state index contributed by atoms with van der Waals surface area (Å²) in [7, 11) is 0. The lowest BCUT2D eigenvalue weighted by atomic mass is 10.1. The van der Waals surface area contributed by atoms with Gasteiger partial charge in [-0.2, -0.15) is 0 Å². The number of aryl methyl sites for hydroxylation is 2. The third-order valence-electron chi connectivity index (χ3n) is 3.72. The van der Waals surface area contributed by atoms with Crippen LogP contribution in [0, 0.1) is 19.8 Å². The van der Waals surface area contributed by atoms with E-state index >= 15 is 0 Å². The second-order valence-corrected chi connectivity index (χ2v) is 5.17. The Kier molecular flexibility index (Phi) is 4.26. The fourth-order valence-corrected chi connectivity index (χ4v) is 2.50. The molecule has 0 saturated heterocycles. The lowest BCUT2D eigenvalue weighted by Gasteiger charge is -2.13. The Morgan fingerprint density at radius 2 is 2.15 bits per heavy atom. The van der Waals surface area contributed by atoms with E-state index in [9.17, 15) is 9.59 Å². The van der Waals surface area contributed by atoms with Crippen molar-refractivity contribution in [2.24, 2.45) is 5.92 Å².